The molecule has 0 heterocycles. The van der Waals surface area contributed by atoms with Crippen molar-refractivity contribution in [3.05, 3.63) is 28.8 Å². The predicted octanol–water partition coefficient (Wildman–Crippen LogP) is 3.68. The highest BCUT2D eigenvalue weighted by molar-refractivity contribution is 6.33. The van der Waals surface area contributed by atoms with Gasteiger partial charge in [0, 0.05) is 25.7 Å². The molecule has 0 spiro atoms. The second kappa shape index (κ2) is 5.74. The van der Waals surface area contributed by atoms with Crippen molar-refractivity contribution in [2.45, 2.75) is 39.8 Å². The summed E-state index contributed by atoms with van der Waals surface area (Å²) < 4.78 is 0. The average Bonchev–Trinajstić information content (AvgIpc) is 2.24. The van der Waals surface area contributed by atoms with E-state index in [-0.39, 0.29) is 5.54 Å². The van der Waals surface area contributed by atoms with E-state index >= 15 is 0 Å². The second-order valence-corrected chi connectivity index (χ2v) is 5.77. The summed E-state index contributed by atoms with van der Waals surface area (Å²) in [6.45, 7) is 10.4. The van der Waals surface area contributed by atoms with Gasteiger partial charge in [0.05, 0.1) is 10.7 Å². The fourth-order valence-electron chi connectivity index (χ4n) is 1.65. The maximum Gasteiger partial charge on any atom is 0.0642 e. The predicted molar refractivity (Wildman–Crippen MR) is 77.0 cm³/mol. The van der Waals surface area contributed by atoms with Gasteiger partial charge in [-0.1, -0.05) is 23.7 Å². The molecule has 1 rings (SSSR count). The van der Waals surface area contributed by atoms with Crippen molar-refractivity contribution in [1.82, 2.24) is 5.32 Å². The molecule has 0 saturated heterocycles. The van der Waals surface area contributed by atoms with Crippen LogP contribution < -0.4 is 10.2 Å². The fraction of sp³-hybridized carbons (Fsp3) is 0.571. The minimum Gasteiger partial charge on any atom is -0.373 e. The van der Waals surface area contributed by atoms with Gasteiger partial charge in [0.2, 0.25) is 0 Å². The molecule has 0 fully saturated rings. The Morgan fingerprint density at radius 1 is 1.29 bits per heavy atom. The van der Waals surface area contributed by atoms with Crippen LogP contribution in [0.2, 0.25) is 5.02 Å². The van der Waals surface area contributed by atoms with Crippen LogP contribution in [0.15, 0.2) is 18.2 Å². The molecule has 0 radical (unpaired) electrons. The van der Waals surface area contributed by atoms with E-state index in [1.807, 2.05) is 12.1 Å². The first-order valence-electron chi connectivity index (χ1n) is 6.08. The van der Waals surface area contributed by atoms with Crippen molar-refractivity contribution in [1.29, 1.82) is 0 Å². The summed E-state index contributed by atoms with van der Waals surface area (Å²) in [5.74, 6) is 0. The molecule has 3 heteroatoms. The summed E-state index contributed by atoms with van der Waals surface area (Å²) in [5.41, 5.74) is 2.50. The molecular weight excluding hydrogens is 232 g/mol. The van der Waals surface area contributed by atoms with Gasteiger partial charge in [-0.25, -0.2) is 0 Å². The minimum absolute atomic E-state index is 0.115. The third-order valence-corrected chi connectivity index (χ3v) is 3.04. The number of benzene rings is 1. The van der Waals surface area contributed by atoms with E-state index in [9.17, 15) is 0 Å². The number of hydrogen-bond donors (Lipinski definition) is 1. The van der Waals surface area contributed by atoms with Crippen molar-refractivity contribution < 1.29 is 0 Å². The SMILES string of the molecule is CCN(C)c1c(Cl)cccc1CNC(C)(C)C. The van der Waals surface area contributed by atoms with Gasteiger partial charge < -0.3 is 10.2 Å². The summed E-state index contributed by atoms with van der Waals surface area (Å²) in [6.07, 6.45) is 0. The molecule has 0 aliphatic carbocycles. The monoisotopic (exact) mass is 254 g/mol. The smallest absolute Gasteiger partial charge is 0.0642 e. The molecule has 1 aromatic rings. The molecule has 1 aromatic carbocycles. The Kier molecular flexibility index (Phi) is 4.84. The van der Waals surface area contributed by atoms with Crippen LogP contribution in [0.5, 0.6) is 0 Å². The molecular formula is C14H23ClN2. The van der Waals surface area contributed by atoms with Crippen LogP contribution >= 0.6 is 11.6 Å². The molecule has 96 valence electrons. The van der Waals surface area contributed by atoms with Crippen molar-refractivity contribution >= 4 is 17.3 Å². The highest BCUT2D eigenvalue weighted by atomic mass is 35.5. The number of para-hydroxylation sites is 1. The van der Waals surface area contributed by atoms with Crippen LogP contribution in [0.3, 0.4) is 0 Å². The number of nitrogens with one attached hydrogen (secondary N) is 1. The molecule has 1 N–H and O–H groups in total. The first-order valence-corrected chi connectivity index (χ1v) is 6.46. The van der Waals surface area contributed by atoms with E-state index in [0.29, 0.717) is 0 Å². The maximum atomic E-state index is 6.28. The quantitative estimate of drug-likeness (QED) is 0.882. The van der Waals surface area contributed by atoms with E-state index in [4.69, 9.17) is 11.6 Å². The standard InChI is InChI=1S/C14H23ClN2/c1-6-17(5)13-11(8-7-9-12(13)15)10-16-14(2,3)4/h7-9,16H,6,10H2,1-5H3. The molecule has 0 aromatic heterocycles. The van der Waals surface area contributed by atoms with Crippen LogP contribution in [-0.4, -0.2) is 19.1 Å². The lowest BCUT2D eigenvalue weighted by Gasteiger charge is -2.25. The van der Waals surface area contributed by atoms with E-state index < -0.39 is 0 Å². The van der Waals surface area contributed by atoms with Gasteiger partial charge in [-0.2, -0.15) is 0 Å². The zero-order valence-corrected chi connectivity index (χ0v) is 12.2. The van der Waals surface area contributed by atoms with Crippen molar-refractivity contribution in [3.63, 3.8) is 0 Å². The normalized spacial score (nSPS) is 11.6. The molecule has 17 heavy (non-hydrogen) atoms. The highest BCUT2D eigenvalue weighted by Gasteiger charge is 2.13. The Bertz CT molecular complexity index is 369. The summed E-state index contributed by atoms with van der Waals surface area (Å²) in [7, 11) is 2.07. The lowest BCUT2D eigenvalue weighted by atomic mass is 10.1. The number of nitrogens with zero attached hydrogens (tertiary/aromatic N) is 1. The van der Waals surface area contributed by atoms with Crippen LogP contribution in [0.1, 0.15) is 33.3 Å². The van der Waals surface area contributed by atoms with Gasteiger partial charge in [-0.15, -0.1) is 0 Å². The number of halogens is 1. The minimum atomic E-state index is 0.115. The zero-order chi connectivity index (χ0) is 13.1. The Balaban J connectivity index is 2.95. The van der Waals surface area contributed by atoms with Crippen LogP contribution in [0.4, 0.5) is 5.69 Å². The van der Waals surface area contributed by atoms with Gasteiger partial charge in [-0.3, -0.25) is 0 Å². The van der Waals surface area contributed by atoms with E-state index in [0.717, 1.165) is 23.8 Å². The molecule has 0 amide bonds. The summed E-state index contributed by atoms with van der Waals surface area (Å²) >= 11 is 6.28. The first-order chi connectivity index (χ1) is 7.85. The maximum absolute atomic E-state index is 6.28. The summed E-state index contributed by atoms with van der Waals surface area (Å²) in [4.78, 5) is 2.18. The van der Waals surface area contributed by atoms with E-state index in [2.05, 4.69) is 51.0 Å². The van der Waals surface area contributed by atoms with E-state index in [1.165, 1.54) is 5.56 Å². The van der Waals surface area contributed by atoms with Crippen LogP contribution in [-0.2, 0) is 6.54 Å². The van der Waals surface area contributed by atoms with Crippen molar-refractivity contribution in [3.8, 4) is 0 Å². The van der Waals surface area contributed by atoms with Gasteiger partial charge in [0.15, 0.2) is 0 Å². The number of anilines is 1. The molecule has 0 aliphatic heterocycles. The Labute approximate surface area is 110 Å². The third-order valence-electron chi connectivity index (χ3n) is 2.74. The summed E-state index contributed by atoms with van der Waals surface area (Å²) in [5, 5.41) is 4.32. The van der Waals surface area contributed by atoms with E-state index in [1.54, 1.807) is 0 Å². The van der Waals surface area contributed by atoms with Gasteiger partial charge in [0.25, 0.3) is 0 Å². The molecule has 0 atom stereocenters. The molecule has 0 saturated carbocycles. The topological polar surface area (TPSA) is 15.3 Å². The Hall–Kier alpha value is -0.730. The Morgan fingerprint density at radius 2 is 1.94 bits per heavy atom. The molecule has 2 nitrogen and oxygen atoms in total. The van der Waals surface area contributed by atoms with Gasteiger partial charge >= 0.3 is 0 Å². The number of rotatable bonds is 4. The molecule has 0 unspecified atom stereocenters. The highest BCUT2D eigenvalue weighted by Crippen LogP contribution is 2.29. The molecule has 0 aliphatic rings. The molecule has 0 bridgehead atoms. The Morgan fingerprint density at radius 3 is 2.47 bits per heavy atom. The van der Waals surface area contributed by atoms with Crippen molar-refractivity contribution in [2.75, 3.05) is 18.5 Å². The van der Waals surface area contributed by atoms with Crippen molar-refractivity contribution in [2.24, 2.45) is 0 Å². The largest absolute Gasteiger partial charge is 0.373 e. The zero-order valence-electron chi connectivity index (χ0n) is 11.5. The average molecular weight is 255 g/mol. The first kappa shape index (κ1) is 14.3. The third kappa shape index (κ3) is 4.21. The number of hydrogen-bond acceptors (Lipinski definition) is 2. The van der Waals surface area contributed by atoms with Crippen LogP contribution in [0, 0.1) is 0 Å². The van der Waals surface area contributed by atoms with Gasteiger partial charge in [-0.05, 0) is 39.3 Å². The summed E-state index contributed by atoms with van der Waals surface area (Å²) in [6, 6.07) is 6.09. The lowest BCUT2D eigenvalue weighted by Crippen LogP contribution is -2.35. The van der Waals surface area contributed by atoms with Crippen LogP contribution in [0.25, 0.3) is 0 Å². The second-order valence-electron chi connectivity index (χ2n) is 5.37. The fourth-order valence-corrected chi connectivity index (χ4v) is 1.99. The lowest BCUT2D eigenvalue weighted by molar-refractivity contribution is 0.424. The van der Waals surface area contributed by atoms with Gasteiger partial charge in [0.1, 0.15) is 0 Å².